The number of rotatable bonds is 5. The molecule has 0 radical (unpaired) electrons. The van der Waals surface area contributed by atoms with Gasteiger partial charge in [0.2, 0.25) is 0 Å². The van der Waals surface area contributed by atoms with Gasteiger partial charge in [0.1, 0.15) is 0 Å². The van der Waals surface area contributed by atoms with E-state index in [1.54, 1.807) is 0 Å². The maximum absolute atomic E-state index is 3.67. The van der Waals surface area contributed by atoms with Crippen molar-refractivity contribution in [2.75, 3.05) is 10.6 Å². The first-order valence-corrected chi connectivity index (χ1v) is 21.7. The number of benzene rings is 7. The Labute approximate surface area is 374 Å². The average molecular weight is 823 g/mol. The first kappa shape index (κ1) is 39.5. The third kappa shape index (κ3) is 8.36. The molecule has 1 aromatic heterocycles. The van der Waals surface area contributed by atoms with Gasteiger partial charge in [-0.25, -0.2) is 0 Å². The van der Waals surface area contributed by atoms with Crippen molar-refractivity contribution in [2.24, 2.45) is 0 Å². The molecular weight excluding hydrogens is 777 g/mol. The Morgan fingerprint density at radius 2 is 1.17 bits per heavy atom. The van der Waals surface area contributed by atoms with Crippen LogP contribution in [0.25, 0.3) is 55.8 Å². The van der Waals surface area contributed by atoms with E-state index in [1.807, 2.05) is 42.9 Å². The molecule has 0 unspecified atom stereocenters. The van der Waals surface area contributed by atoms with Crippen molar-refractivity contribution in [3.63, 3.8) is 0 Å². The minimum absolute atomic E-state index is 0.888. The standard InChI is InChI=1S/C60H46N4/c1-2-17-40-61-50(43-63-49-26-10-5-11-27-49)37-36-47-35-34-46(44-20-6-3-7-21-44)25-19-41-62-56-32-15-13-30-54(56)59(47)53-38-39-58-60(52(53)29-12-1)55-31-14-16-33-57(55)64(58)51-28-18-24-48(42-51)45-22-8-4-9-23-45/h1-43,61-63H/b2-1-,29-12-,35-34+,37-36-,40-17+,41-19+,46-25+,50-43-,59-47?. The van der Waals surface area contributed by atoms with Crippen LogP contribution in [0.1, 0.15) is 22.3 Å². The molecule has 0 aliphatic carbocycles. The first-order chi connectivity index (χ1) is 31.8. The van der Waals surface area contributed by atoms with E-state index in [9.17, 15) is 0 Å². The summed E-state index contributed by atoms with van der Waals surface area (Å²) in [6, 6.07) is 62.3. The van der Waals surface area contributed by atoms with Gasteiger partial charge in [-0.2, -0.15) is 0 Å². The highest BCUT2D eigenvalue weighted by Gasteiger charge is 2.22. The number of allylic oxidation sites excluding steroid dienone is 12. The Kier molecular flexibility index (Phi) is 11.5. The molecule has 0 saturated carbocycles. The Hall–Kier alpha value is -8.60. The summed E-state index contributed by atoms with van der Waals surface area (Å²) >= 11 is 0. The lowest BCUT2D eigenvalue weighted by Crippen LogP contribution is -2.05. The van der Waals surface area contributed by atoms with Crippen LogP contribution in [0.3, 0.4) is 0 Å². The number of nitrogens with zero attached hydrogens (tertiary/aromatic N) is 1. The van der Waals surface area contributed by atoms with Gasteiger partial charge in [-0.05, 0) is 105 Å². The molecule has 8 aromatic rings. The lowest BCUT2D eigenvalue weighted by molar-refractivity contribution is 1.10. The molecule has 4 nitrogen and oxygen atoms in total. The van der Waals surface area contributed by atoms with Crippen LogP contribution in [-0.4, -0.2) is 4.57 Å². The van der Waals surface area contributed by atoms with Gasteiger partial charge in [0, 0.05) is 52.0 Å². The van der Waals surface area contributed by atoms with Crippen molar-refractivity contribution in [1.29, 1.82) is 0 Å². The summed E-state index contributed by atoms with van der Waals surface area (Å²) in [6.45, 7) is 0. The second-order valence-electron chi connectivity index (χ2n) is 15.6. The summed E-state index contributed by atoms with van der Waals surface area (Å²) in [5.74, 6) is 0. The number of para-hydroxylation sites is 3. The summed E-state index contributed by atoms with van der Waals surface area (Å²) in [6.07, 6.45) is 29.7. The molecule has 0 spiro atoms. The molecule has 10 rings (SSSR count). The summed E-state index contributed by atoms with van der Waals surface area (Å²) in [7, 11) is 0. The molecule has 3 heterocycles. The zero-order chi connectivity index (χ0) is 42.9. The van der Waals surface area contributed by atoms with Crippen LogP contribution in [0.5, 0.6) is 0 Å². The normalized spacial score (nSPS) is 18.3. The van der Waals surface area contributed by atoms with E-state index in [0.29, 0.717) is 0 Å². The van der Waals surface area contributed by atoms with Crippen molar-refractivity contribution in [3.8, 4) is 16.8 Å². The molecule has 0 atom stereocenters. The van der Waals surface area contributed by atoms with Crippen molar-refractivity contribution in [2.45, 2.75) is 0 Å². The minimum atomic E-state index is 0.888. The molecular formula is C60H46N4. The van der Waals surface area contributed by atoms with Crippen LogP contribution in [0.15, 0.2) is 267 Å². The third-order valence-electron chi connectivity index (χ3n) is 11.6. The predicted molar refractivity (Wildman–Crippen MR) is 273 cm³/mol. The molecule has 0 amide bonds. The van der Waals surface area contributed by atoms with E-state index in [-0.39, 0.29) is 0 Å². The topological polar surface area (TPSA) is 41.0 Å². The molecule has 64 heavy (non-hydrogen) atoms. The average Bonchev–Trinajstić information content (AvgIpc) is 3.68. The van der Waals surface area contributed by atoms with Crippen LogP contribution >= 0.6 is 0 Å². The van der Waals surface area contributed by atoms with E-state index in [0.717, 1.165) is 72.8 Å². The number of hydrogen-bond acceptors (Lipinski definition) is 3. The molecule has 3 N–H and O–H groups in total. The van der Waals surface area contributed by atoms with Crippen molar-refractivity contribution in [1.82, 2.24) is 9.88 Å². The highest BCUT2D eigenvalue weighted by molar-refractivity contribution is 6.15. The van der Waals surface area contributed by atoms with Crippen molar-refractivity contribution >= 4 is 50.4 Å². The maximum Gasteiger partial charge on any atom is 0.0547 e. The fourth-order valence-electron chi connectivity index (χ4n) is 8.56. The zero-order valence-electron chi connectivity index (χ0n) is 35.3. The molecule has 306 valence electrons. The number of anilines is 2. The van der Waals surface area contributed by atoms with Gasteiger partial charge in [0.05, 0.1) is 16.7 Å². The quantitative estimate of drug-likeness (QED) is 0.162. The lowest BCUT2D eigenvalue weighted by Gasteiger charge is -2.20. The van der Waals surface area contributed by atoms with E-state index >= 15 is 0 Å². The lowest BCUT2D eigenvalue weighted by atomic mass is 9.86. The summed E-state index contributed by atoms with van der Waals surface area (Å²) in [5.41, 5.74) is 16.3. The highest BCUT2D eigenvalue weighted by atomic mass is 15.0. The van der Waals surface area contributed by atoms with Gasteiger partial charge < -0.3 is 20.5 Å². The van der Waals surface area contributed by atoms with Crippen LogP contribution in [0, 0.1) is 0 Å². The van der Waals surface area contributed by atoms with E-state index in [1.165, 1.54) is 21.9 Å². The molecule has 7 aromatic carbocycles. The maximum atomic E-state index is 3.67. The molecule has 0 saturated heterocycles. The molecule has 4 heteroatoms. The monoisotopic (exact) mass is 822 g/mol. The SMILES string of the molecule is C1=C\C=C\NC(=C\Nc2ccccc2)/C=C\C2=C(c3ccccc3N/C=C/C=C(c3ccccc3)\C=C\2)c2ccc3c(c2\C=C/1)c1ccccc1n3-c1cccc(-c2ccccc2)c1. The van der Waals surface area contributed by atoms with Crippen LogP contribution in [0.2, 0.25) is 0 Å². The molecule has 2 aliphatic rings. The molecule has 0 bridgehead atoms. The van der Waals surface area contributed by atoms with Crippen molar-refractivity contribution in [3.05, 3.63) is 289 Å². The van der Waals surface area contributed by atoms with Gasteiger partial charge in [0.15, 0.2) is 0 Å². The Morgan fingerprint density at radius 1 is 0.469 bits per heavy atom. The number of aromatic nitrogens is 1. The Morgan fingerprint density at radius 3 is 2.03 bits per heavy atom. The third-order valence-corrected chi connectivity index (χ3v) is 11.6. The number of fused-ring (bicyclic) bond motifs is 8. The van der Waals surface area contributed by atoms with Crippen LogP contribution in [-0.2, 0) is 0 Å². The largest absolute Gasteiger partial charge is 0.361 e. The van der Waals surface area contributed by atoms with E-state index in [2.05, 4.69) is 239 Å². The molecule has 0 fully saturated rings. The summed E-state index contributed by atoms with van der Waals surface area (Å²) in [5, 5.41) is 13.1. The summed E-state index contributed by atoms with van der Waals surface area (Å²) in [4.78, 5) is 0. The van der Waals surface area contributed by atoms with Crippen LogP contribution in [0.4, 0.5) is 11.4 Å². The van der Waals surface area contributed by atoms with Gasteiger partial charge >= 0.3 is 0 Å². The first-order valence-electron chi connectivity index (χ1n) is 21.7. The Balaban J connectivity index is 1.27. The van der Waals surface area contributed by atoms with E-state index < -0.39 is 0 Å². The second-order valence-corrected chi connectivity index (χ2v) is 15.6. The minimum Gasteiger partial charge on any atom is -0.361 e. The van der Waals surface area contributed by atoms with Gasteiger partial charge in [-0.3, -0.25) is 0 Å². The number of nitrogens with one attached hydrogen (secondary N) is 3. The van der Waals surface area contributed by atoms with E-state index in [4.69, 9.17) is 0 Å². The predicted octanol–water partition coefficient (Wildman–Crippen LogP) is 15.0. The highest BCUT2D eigenvalue weighted by Crippen LogP contribution is 2.43. The zero-order valence-corrected chi connectivity index (χ0v) is 35.3. The van der Waals surface area contributed by atoms with Crippen molar-refractivity contribution < 1.29 is 0 Å². The fourth-order valence-corrected chi connectivity index (χ4v) is 8.56. The van der Waals surface area contributed by atoms with Gasteiger partial charge in [-0.15, -0.1) is 0 Å². The van der Waals surface area contributed by atoms with Crippen LogP contribution < -0.4 is 16.0 Å². The van der Waals surface area contributed by atoms with Gasteiger partial charge in [0.25, 0.3) is 0 Å². The number of hydrogen-bond donors (Lipinski definition) is 3. The molecule has 2 aliphatic heterocycles. The summed E-state index contributed by atoms with van der Waals surface area (Å²) < 4.78 is 2.42. The van der Waals surface area contributed by atoms with Gasteiger partial charge in [-0.1, -0.05) is 182 Å². The smallest absolute Gasteiger partial charge is 0.0547 e. The Bertz CT molecular complexity index is 3260. The second kappa shape index (κ2) is 18.6. The fraction of sp³-hybridized carbons (Fsp3) is 0.